The van der Waals surface area contributed by atoms with E-state index in [-0.39, 0.29) is 18.4 Å². The zero-order chi connectivity index (χ0) is 14.8. The van der Waals surface area contributed by atoms with Crippen molar-refractivity contribution in [1.82, 2.24) is 4.31 Å². The van der Waals surface area contributed by atoms with Gasteiger partial charge in [-0.2, -0.15) is 4.31 Å². The Hall–Kier alpha value is -0.820. The highest BCUT2D eigenvalue weighted by Gasteiger charge is 2.36. The number of hydrogen-bond acceptors (Lipinski definition) is 4. The van der Waals surface area contributed by atoms with Crippen LogP contribution >= 0.6 is 12.4 Å². The predicted octanol–water partition coefficient (Wildman–Crippen LogP) is 1.86. The highest BCUT2D eigenvalue weighted by Crippen LogP contribution is 2.29. The van der Waals surface area contributed by atoms with Crippen LogP contribution in [0.2, 0.25) is 0 Å². The molecule has 2 unspecified atom stereocenters. The summed E-state index contributed by atoms with van der Waals surface area (Å²) < 4.78 is 32.1. The molecule has 1 aliphatic rings. The minimum Gasteiger partial charge on any atom is -0.497 e. The monoisotopic (exact) mass is 334 g/mol. The van der Waals surface area contributed by atoms with Gasteiger partial charge in [-0.15, -0.1) is 12.4 Å². The molecule has 0 spiro atoms. The van der Waals surface area contributed by atoms with Gasteiger partial charge >= 0.3 is 0 Å². The summed E-state index contributed by atoms with van der Waals surface area (Å²) >= 11 is 0. The van der Waals surface area contributed by atoms with E-state index >= 15 is 0 Å². The van der Waals surface area contributed by atoms with Gasteiger partial charge in [0.1, 0.15) is 5.75 Å². The summed E-state index contributed by atoms with van der Waals surface area (Å²) in [5, 5.41) is 0. The van der Waals surface area contributed by atoms with Crippen LogP contribution in [-0.4, -0.2) is 39.0 Å². The molecule has 0 radical (unpaired) electrons. The summed E-state index contributed by atoms with van der Waals surface area (Å²) in [6, 6.07) is 6.38. The van der Waals surface area contributed by atoms with Crippen molar-refractivity contribution in [3.05, 3.63) is 24.3 Å². The molecule has 2 rings (SSSR count). The van der Waals surface area contributed by atoms with Crippen molar-refractivity contribution in [3.8, 4) is 5.75 Å². The van der Waals surface area contributed by atoms with Crippen LogP contribution in [0.1, 0.15) is 19.8 Å². The number of piperidine rings is 1. The fourth-order valence-corrected chi connectivity index (χ4v) is 4.51. The van der Waals surface area contributed by atoms with Crippen LogP contribution in [0.25, 0.3) is 0 Å². The molecule has 1 heterocycles. The number of rotatable bonds is 4. The molecule has 5 nitrogen and oxygen atoms in total. The lowest BCUT2D eigenvalue weighted by Gasteiger charge is -2.38. The van der Waals surface area contributed by atoms with Gasteiger partial charge in [0.05, 0.1) is 12.0 Å². The zero-order valence-corrected chi connectivity index (χ0v) is 14.0. The van der Waals surface area contributed by atoms with E-state index in [0.717, 1.165) is 12.8 Å². The number of methoxy groups -OCH3 is 1. The van der Waals surface area contributed by atoms with Crippen molar-refractivity contribution < 1.29 is 13.2 Å². The molecule has 0 amide bonds. The van der Waals surface area contributed by atoms with Gasteiger partial charge in [-0.25, -0.2) is 8.42 Å². The molecule has 0 bridgehead atoms. The standard InChI is InChI=1S/C14H22N2O3S.ClH/c1-11-4-3-9-16(14(11)10-15)20(17,18)13-7-5-12(19-2)6-8-13;/h5-8,11,14H,3-4,9-10,15H2,1-2H3;1H. The summed E-state index contributed by atoms with van der Waals surface area (Å²) in [6.07, 6.45) is 1.91. The SMILES string of the molecule is COc1ccc(S(=O)(=O)N2CCCC(C)C2CN)cc1.Cl. The molecular weight excluding hydrogens is 312 g/mol. The summed E-state index contributed by atoms with van der Waals surface area (Å²) in [7, 11) is -1.93. The Morgan fingerprint density at radius 2 is 1.95 bits per heavy atom. The summed E-state index contributed by atoms with van der Waals surface area (Å²) in [5.41, 5.74) is 5.78. The van der Waals surface area contributed by atoms with Gasteiger partial charge in [0.25, 0.3) is 0 Å². The second-order valence-electron chi connectivity index (χ2n) is 5.21. The van der Waals surface area contributed by atoms with Crippen molar-refractivity contribution in [2.45, 2.75) is 30.7 Å². The lowest BCUT2D eigenvalue weighted by molar-refractivity contribution is 0.192. The first kappa shape index (κ1) is 18.2. The van der Waals surface area contributed by atoms with E-state index in [9.17, 15) is 8.42 Å². The normalized spacial score (nSPS) is 23.4. The maximum Gasteiger partial charge on any atom is 0.243 e. The molecule has 0 saturated carbocycles. The van der Waals surface area contributed by atoms with Crippen LogP contribution in [0.4, 0.5) is 0 Å². The molecule has 7 heteroatoms. The number of hydrogen-bond donors (Lipinski definition) is 1. The quantitative estimate of drug-likeness (QED) is 0.912. The maximum absolute atomic E-state index is 12.7. The molecule has 2 N–H and O–H groups in total. The van der Waals surface area contributed by atoms with Gasteiger partial charge in [-0.05, 0) is 43.0 Å². The lowest BCUT2D eigenvalue weighted by Crippen LogP contribution is -2.51. The fraction of sp³-hybridized carbons (Fsp3) is 0.571. The van der Waals surface area contributed by atoms with Gasteiger partial charge in [0.2, 0.25) is 10.0 Å². The highest BCUT2D eigenvalue weighted by molar-refractivity contribution is 7.89. The van der Waals surface area contributed by atoms with E-state index in [0.29, 0.717) is 29.7 Å². The third-order valence-electron chi connectivity index (χ3n) is 3.97. The predicted molar refractivity (Wildman–Crippen MR) is 85.4 cm³/mol. The number of halogens is 1. The van der Waals surface area contributed by atoms with E-state index in [2.05, 4.69) is 6.92 Å². The molecule has 1 aromatic rings. The van der Waals surface area contributed by atoms with Gasteiger partial charge in [0, 0.05) is 19.1 Å². The van der Waals surface area contributed by atoms with E-state index in [1.165, 1.54) is 0 Å². The minimum absolute atomic E-state index is 0. The molecule has 1 aromatic carbocycles. The second kappa shape index (κ2) is 7.45. The third kappa shape index (κ3) is 3.69. The van der Waals surface area contributed by atoms with Gasteiger partial charge in [0.15, 0.2) is 0 Å². The maximum atomic E-state index is 12.7. The Kier molecular flexibility index (Phi) is 6.46. The summed E-state index contributed by atoms with van der Waals surface area (Å²) in [4.78, 5) is 0.297. The Morgan fingerprint density at radius 1 is 1.33 bits per heavy atom. The van der Waals surface area contributed by atoms with Gasteiger partial charge in [-0.1, -0.05) is 6.92 Å². The van der Waals surface area contributed by atoms with Crippen molar-refractivity contribution in [3.63, 3.8) is 0 Å². The molecule has 1 aliphatic heterocycles. The minimum atomic E-state index is -3.48. The van der Waals surface area contributed by atoms with Crippen LogP contribution in [0.15, 0.2) is 29.2 Å². The molecule has 2 atom stereocenters. The summed E-state index contributed by atoms with van der Waals surface area (Å²) in [5.74, 6) is 0.938. The third-order valence-corrected chi connectivity index (χ3v) is 5.91. The molecule has 0 aliphatic carbocycles. The van der Waals surface area contributed by atoms with Crippen molar-refractivity contribution >= 4 is 22.4 Å². The van der Waals surface area contributed by atoms with E-state index < -0.39 is 10.0 Å². The zero-order valence-electron chi connectivity index (χ0n) is 12.4. The van der Waals surface area contributed by atoms with Crippen LogP contribution < -0.4 is 10.5 Å². The largest absolute Gasteiger partial charge is 0.497 e. The van der Waals surface area contributed by atoms with Crippen molar-refractivity contribution in [2.75, 3.05) is 20.2 Å². The first-order valence-electron chi connectivity index (χ1n) is 6.86. The fourth-order valence-electron chi connectivity index (χ4n) is 2.74. The molecule has 1 saturated heterocycles. The molecule has 0 aromatic heterocycles. The first-order chi connectivity index (χ1) is 9.50. The van der Waals surface area contributed by atoms with Crippen LogP contribution in [0.3, 0.4) is 0 Å². The van der Waals surface area contributed by atoms with Crippen LogP contribution in [0.5, 0.6) is 5.75 Å². The Morgan fingerprint density at radius 3 is 2.48 bits per heavy atom. The van der Waals surface area contributed by atoms with Gasteiger partial charge < -0.3 is 10.5 Å². The molecule has 21 heavy (non-hydrogen) atoms. The van der Waals surface area contributed by atoms with E-state index in [1.807, 2.05) is 0 Å². The average Bonchev–Trinajstić information content (AvgIpc) is 2.47. The number of nitrogens with two attached hydrogens (primary N) is 1. The van der Waals surface area contributed by atoms with E-state index in [1.54, 1.807) is 35.7 Å². The number of sulfonamides is 1. The van der Waals surface area contributed by atoms with Crippen molar-refractivity contribution in [1.29, 1.82) is 0 Å². The Labute approximate surface area is 132 Å². The molecular formula is C14H23ClN2O3S. The van der Waals surface area contributed by atoms with Crippen LogP contribution in [-0.2, 0) is 10.0 Å². The number of nitrogens with zero attached hydrogens (tertiary/aromatic N) is 1. The first-order valence-corrected chi connectivity index (χ1v) is 8.30. The molecule has 120 valence electrons. The highest BCUT2D eigenvalue weighted by atomic mass is 35.5. The summed E-state index contributed by atoms with van der Waals surface area (Å²) in [6.45, 7) is 2.96. The number of ether oxygens (including phenoxy) is 1. The van der Waals surface area contributed by atoms with Gasteiger partial charge in [-0.3, -0.25) is 0 Å². The Bertz CT molecular complexity index is 548. The Balaban J connectivity index is 0.00000220. The number of benzene rings is 1. The van der Waals surface area contributed by atoms with E-state index in [4.69, 9.17) is 10.5 Å². The molecule has 1 fully saturated rings. The van der Waals surface area contributed by atoms with Crippen molar-refractivity contribution in [2.24, 2.45) is 11.7 Å². The van der Waals surface area contributed by atoms with Crippen LogP contribution in [0, 0.1) is 5.92 Å². The lowest BCUT2D eigenvalue weighted by atomic mass is 9.93. The second-order valence-corrected chi connectivity index (χ2v) is 7.10. The average molecular weight is 335 g/mol. The smallest absolute Gasteiger partial charge is 0.243 e. The topological polar surface area (TPSA) is 72.6 Å².